The molecule has 0 aliphatic heterocycles. The van der Waals surface area contributed by atoms with Gasteiger partial charge in [-0.05, 0) is 42.5 Å². The van der Waals surface area contributed by atoms with Crippen molar-refractivity contribution in [3.63, 3.8) is 0 Å². The number of nitrogen functional groups attached to an aromatic ring is 1. The molecule has 0 saturated carbocycles. The maximum absolute atomic E-state index is 12.5. The zero-order valence-corrected chi connectivity index (χ0v) is 18.0. The molecule has 1 aromatic carbocycles. The standard InChI is InChI=1S/C18H14BrClN4O.HI/c19-13-4-6-14(7-5-13)23-18(25)15-2-1-9-24(17(15)21)11-12-3-8-16(20)22-10-12;/h1-10,21H,11H2,(H,23,25);1H. The highest BCUT2D eigenvalue weighted by molar-refractivity contribution is 9.10. The molecule has 0 spiro atoms. The van der Waals surface area contributed by atoms with E-state index in [4.69, 9.17) is 17.3 Å². The van der Waals surface area contributed by atoms with Gasteiger partial charge in [0.25, 0.3) is 11.7 Å². The van der Waals surface area contributed by atoms with Gasteiger partial charge in [0, 0.05) is 21.9 Å². The Kier molecular flexibility index (Phi) is 7.36. The number of amides is 1. The second kappa shape index (κ2) is 9.29. The van der Waals surface area contributed by atoms with Crippen LogP contribution in [0.2, 0.25) is 5.15 Å². The summed E-state index contributed by atoms with van der Waals surface area (Å²) < 4.78 is 2.74. The first-order valence-electron chi connectivity index (χ1n) is 7.48. The summed E-state index contributed by atoms with van der Waals surface area (Å²) in [4.78, 5) is 16.6. The summed E-state index contributed by atoms with van der Waals surface area (Å²) in [5, 5.41) is 3.28. The van der Waals surface area contributed by atoms with Gasteiger partial charge < -0.3 is 29.3 Å². The number of hydrogen-bond donors (Lipinski definition) is 2. The van der Waals surface area contributed by atoms with Crippen LogP contribution in [0.15, 0.2) is 65.4 Å². The van der Waals surface area contributed by atoms with Gasteiger partial charge in [0.15, 0.2) is 0 Å². The molecule has 0 saturated heterocycles. The topological polar surface area (TPSA) is 71.9 Å². The highest BCUT2D eigenvalue weighted by Gasteiger charge is 2.18. The minimum absolute atomic E-state index is 0. The molecule has 3 aromatic rings. The number of nitrogens with one attached hydrogen (secondary N) is 1. The second-order valence-electron chi connectivity index (χ2n) is 5.39. The molecule has 2 aromatic heterocycles. The van der Waals surface area contributed by atoms with Gasteiger partial charge in [-0.1, -0.05) is 33.6 Å². The third-order valence-electron chi connectivity index (χ3n) is 3.60. The number of aromatic nitrogens is 2. The van der Waals surface area contributed by atoms with Crippen molar-refractivity contribution in [1.82, 2.24) is 4.98 Å². The first-order chi connectivity index (χ1) is 12.0. The van der Waals surface area contributed by atoms with Crippen LogP contribution in [0, 0.1) is 0 Å². The summed E-state index contributed by atoms with van der Waals surface area (Å²) in [6, 6.07) is 14.4. The van der Waals surface area contributed by atoms with Gasteiger partial charge in [0.05, 0.1) is 6.20 Å². The number of hydrogen-bond acceptors (Lipinski definition) is 3. The van der Waals surface area contributed by atoms with Crippen molar-refractivity contribution in [2.45, 2.75) is 6.54 Å². The van der Waals surface area contributed by atoms with E-state index < -0.39 is 0 Å². The molecule has 8 heteroatoms. The van der Waals surface area contributed by atoms with Crippen molar-refractivity contribution in [3.8, 4) is 0 Å². The van der Waals surface area contributed by atoms with Gasteiger partial charge in [-0.15, -0.1) is 0 Å². The van der Waals surface area contributed by atoms with Crippen molar-refractivity contribution in [1.29, 1.82) is 0 Å². The first kappa shape index (κ1) is 20.6. The monoisotopic (exact) mass is 544 g/mol. The van der Waals surface area contributed by atoms with Crippen LogP contribution in [-0.4, -0.2) is 10.9 Å². The van der Waals surface area contributed by atoms with E-state index in [1.54, 1.807) is 29.0 Å². The lowest BCUT2D eigenvalue weighted by molar-refractivity contribution is -0.674. The number of nitrogens with zero attached hydrogens (tertiary/aromatic N) is 2. The smallest absolute Gasteiger partial charge is 0.285 e. The Morgan fingerprint density at radius 2 is 1.92 bits per heavy atom. The molecule has 2 heterocycles. The minimum Gasteiger partial charge on any atom is -1.00 e. The molecule has 3 rings (SSSR count). The third kappa shape index (κ3) is 5.15. The molecule has 0 aliphatic rings. The van der Waals surface area contributed by atoms with Crippen LogP contribution in [0.4, 0.5) is 11.5 Å². The quantitative estimate of drug-likeness (QED) is 0.288. The van der Waals surface area contributed by atoms with Gasteiger partial charge in [0.2, 0.25) is 0 Å². The number of halogens is 3. The number of carbonyl (C=O) groups excluding carboxylic acids is 1. The first-order valence-corrected chi connectivity index (χ1v) is 8.65. The fourth-order valence-corrected chi connectivity index (χ4v) is 2.70. The molecule has 3 N–H and O–H groups in total. The molecule has 0 aliphatic carbocycles. The fourth-order valence-electron chi connectivity index (χ4n) is 2.32. The van der Waals surface area contributed by atoms with Crippen LogP contribution in [0.5, 0.6) is 0 Å². The van der Waals surface area contributed by atoms with Crippen molar-refractivity contribution in [2.75, 3.05) is 11.1 Å². The second-order valence-corrected chi connectivity index (χ2v) is 6.69. The zero-order chi connectivity index (χ0) is 17.8. The van der Waals surface area contributed by atoms with Gasteiger partial charge in [0.1, 0.15) is 17.3 Å². The Morgan fingerprint density at radius 1 is 1.19 bits per heavy atom. The number of carbonyl (C=O) groups is 1. The minimum atomic E-state index is -0.261. The maximum Gasteiger partial charge on any atom is 0.285 e. The Bertz CT molecular complexity index is 904. The lowest BCUT2D eigenvalue weighted by Crippen LogP contribution is -3.00. The average molecular weight is 546 g/mol. The van der Waals surface area contributed by atoms with Crippen molar-refractivity contribution in [2.24, 2.45) is 0 Å². The van der Waals surface area contributed by atoms with Gasteiger partial charge in [-0.2, -0.15) is 0 Å². The molecule has 0 bridgehead atoms. The van der Waals surface area contributed by atoms with E-state index in [0.717, 1.165) is 10.0 Å². The van der Waals surface area contributed by atoms with E-state index in [1.165, 1.54) is 0 Å². The molecule has 5 nitrogen and oxygen atoms in total. The summed E-state index contributed by atoms with van der Waals surface area (Å²) in [6.07, 6.45) is 3.50. The van der Waals surface area contributed by atoms with Gasteiger partial charge in [-0.3, -0.25) is 10.5 Å². The molecule has 0 unspecified atom stereocenters. The Morgan fingerprint density at radius 3 is 2.58 bits per heavy atom. The van der Waals surface area contributed by atoms with Crippen LogP contribution in [0.3, 0.4) is 0 Å². The number of pyridine rings is 2. The van der Waals surface area contributed by atoms with E-state index in [2.05, 4.69) is 26.2 Å². The Labute approximate surface area is 181 Å². The number of benzene rings is 1. The summed E-state index contributed by atoms with van der Waals surface area (Å²) >= 11 is 9.17. The molecule has 0 radical (unpaired) electrons. The van der Waals surface area contributed by atoms with Crippen molar-refractivity contribution >= 4 is 44.9 Å². The SMILES string of the molecule is Nc1c(C(=O)Nc2ccc(Br)cc2)ccc[n+]1Cc1ccc(Cl)nc1.[I-]. The van der Waals surface area contributed by atoms with Crippen LogP contribution in [0.1, 0.15) is 15.9 Å². The fraction of sp³-hybridized carbons (Fsp3) is 0.0556. The largest absolute Gasteiger partial charge is 1.00 e. The van der Waals surface area contributed by atoms with Crippen molar-refractivity contribution < 1.29 is 33.3 Å². The number of anilines is 2. The molecular weight excluding hydrogens is 530 g/mol. The number of nitrogens with two attached hydrogens (primary N) is 1. The number of rotatable bonds is 4. The van der Waals surface area contributed by atoms with Crippen LogP contribution >= 0.6 is 27.5 Å². The molecule has 1 amide bonds. The van der Waals surface area contributed by atoms with E-state index >= 15 is 0 Å². The van der Waals surface area contributed by atoms with Crippen LogP contribution in [-0.2, 0) is 6.54 Å². The molecule has 134 valence electrons. The maximum atomic E-state index is 12.5. The van der Waals surface area contributed by atoms with Crippen molar-refractivity contribution in [3.05, 3.63) is 81.7 Å². The molecule has 0 fully saturated rings. The predicted molar refractivity (Wildman–Crippen MR) is 101 cm³/mol. The highest BCUT2D eigenvalue weighted by atomic mass is 127. The summed E-state index contributed by atoms with van der Waals surface area (Å²) in [6.45, 7) is 0.495. The molecule has 0 atom stereocenters. The van der Waals surface area contributed by atoms with E-state index in [9.17, 15) is 4.79 Å². The predicted octanol–water partition coefficient (Wildman–Crippen LogP) is 0.672. The van der Waals surface area contributed by atoms with E-state index in [0.29, 0.717) is 28.8 Å². The Hall–Kier alpha value is -1.71. The average Bonchev–Trinajstić information content (AvgIpc) is 2.60. The Balaban J connectivity index is 0.00000243. The molecular formula is C18H15BrClIN4O. The van der Waals surface area contributed by atoms with Crippen LogP contribution in [0.25, 0.3) is 0 Å². The lowest BCUT2D eigenvalue weighted by atomic mass is 10.2. The van der Waals surface area contributed by atoms with E-state index in [1.807, 2.05) is 36.5 Å². The highest BCUT2D eigenvalue weighted by Crippen LogP contribution is 2.16. The normalized spacial score (nSPS) is 10.1. The van der Waals surface area contributed by atoms with Gasteiger partial charge in [-0.25, -0.2) is 9.55 Å². The molecule has 26 heavy (non-hydrogen) atoms. The summed E-state index contributed by atoms with van der Waals surface area (Å²) in [5.74, 6) is 0.121. The zero-order valence-electron chi connectivity index (χ0n) is 13.5. The van der Waals surface area contributed by atoms with Crippen LogP contribution < -0.4 is 39.6 Å². The van der Waals surface area contributed by atoms with E-state index in [-0.39, 0.29) is 29.9 Å². The van der Waals surface area contributed by atoms with Gasteiger partial charge >= 0.3 is 0 Å². The third-order valence-corrected chi connectivity index (χ3v) is 4.35. The summed E-state index contributed by atoms with van der Waals surface area (Å²) in [7, 11) is 0. The summed E-state index contributed by atoms with van der Waals surface area (Å²) in [5.41, 5.74) is 8.23. The lowest BCUT2D eigenvalue weighted by Gasteiger charge is -2.09.